The highest BCUT2D eigenvalue weighted by Gasteiger charge is 2.29. The largest absolute Gasteiger partial charge is 0.307 e. The van der Waals surface area contributed by atoms with Gasteiger partial charge in [0.2, 0.25) is 5.52 Å². The fourth-order valence-corrected chi connectivity index (χ4v) is 7.28. The first-order valence-corrected chi connectivity index (χ1v) is 14.3. The predicted molar refractivity (Wildman–Crippen MR) is 169 cm³/mol. The molecule has 39 heavy (non-hydrogen) atoms. The van der Waals surface area contributed by atoms with Crippen LogP contribution in [0.4, 0.5) is 0 Å². The Balaban J connectivity index is 1.83. The minimum atomic E-state index is 0.0238. The summed E-state index contributed by atoms with van der Waals surface area (Å²) in [5.74, 6) is 0. The van der Waals surface area contributed by atoms with Crippen LogP contribution >= 0.6 is 0 Å². The first-order chi connectivity index (χ1) is 18.4. The van der Waals surface area contributed by atoms with E-state index in [4.69, 9.17) is 0 Å². The number of nitrogens with zero attached hydrogens (tertiary/aromatic N) is 2. The van der Waals surface area contributed by atoms with Gasteiger partial charge in [0.25, 0.3) is 0 Å². The molecule has 0 saturated carbocycles. The molecular formula is C37H39N2+. The van der Waals surface area contributed by atoms with Crippen molar-refractivity contribution in [2.24, 2.45) is 12.5 Å². The smallest absolute Gasteiger partial charge is 0.224 e. The highest BCUT2D eigenvalue weighted by Crippen LogP contribution is 2.45. The molecule has 0 aliphatic rings. The number of benzene rings is 4. The molecule has 2 nitrogen and oxygen atoms in total. The zero-order chi connectivity index (χ0) is 27.6. The number of aryl methyl sites for hydroxylation is 3. The third-order valence-electron chi connectivity index (χ3n) is 8.91. The molecule has 0 unspecified atom stereocenters. The molecular weight excluding hydrogens is 472 g/mol. The second kappa shape index (κ2) is 7.72. The maximum atomic E-state index is 2.64. The number of aromatic nitrogens is 2. The first kappa shape index (κ1) is 24.4. The van der Waals surface area contributed by atoms with Gasteiger partial charge in [-0.2, -0.15) is 0 Å². The van der Waals surface area contributed by atoms with Crippen molar-refractivity contribution in [3.05, 3.63) is 83.0 Å². The van der Waals surface area contributed by atoms with Gasteiger partial charge < -0.3 is 4.40 Å². The molecule has 0 saturated heterocycles. The van der Waals surface area contributed by atoms with Gasteiger partial charge in [-0.05, 0) is 69.5 Å². The maximum absolute atomic E-state index is 2.64. The molecule has 196 valence electrons. The molecule has 0 N–H and O–H groups in total. The normalized spacial score (nSPS) is 13.4. The van der Waals surface area contributed by atoms with Crippen LogP contribution in [-0.2, 0) is 18.9 Å². The van der Waals surface area contributed by atoms with Gasteiger partial charge in [0.05, 0.1) is 27.3 Å². The van der Waals surface area contributed by atoms with Gasteiger partial charge in [-0.3, -0.25) is 0 Å². The molecule has 2 heteroatoms. The highest BCUT2D eigenvalue weighted by molar-refractivity contribution is 6.29. The molecule has 0 amide bonds. The summed E-state index contributed by atoms with van der Waals surface area (Å²) in [5.41, 5.74) is 11.2. The van der Waals surface area contributed by atoms with Crippen LogP contribution in [0.3, 0.4) is 0 Å². The average Bonchev–Trinajstić information content (AvgIpc) is 3.20. The summed E-state index contributed by atoms with van der Waals surface area (Å²) in [7, 11) is 2.21. The van der Waals surface area contributed by atoms with E-state index in [0.29, 0.717) is 0 Å². The molecule has 3 aromatic heterocycles. The predicted octanol–water partition coefficient (Wildman–Crippen LogP) is 9.47. The second-order valence-corrected chi connectivity index (χ2v) is 14.1. The van der Waals surface area contributed by atoms with Crippen molar-refractivity contribution in [3.63, 3.8) is 0 Å². The van der Waals surface area contributed by atoms with Crippen LogP contribution in [-0.4, -0.2) is 4.40 Å². The summed E-state index contributed by atoms with van der Waals surface area (Å²) in [5, 5.41) is 9.49. The Bertz CT molecular complexity index is 2120. The zero-order valence-electron chi connectivity index (χ0n) is 24.9. The maximum Gasteiger partial charge on any atom is 0.224 e. The number of hydrogen-bond donors (Lipinski definition) is 0. The molecule has 0 bridgehead atoms. The Kier molecular flexibility index (Phi) is 4.83. The number of rotatable bonds is 1. The van der Waals surface area contributed by atoms with Crippen molar-refractivity contribution < 1.29 is 4.57 Å². The highest BCUT2D eigenvalue weighted by atomic mass is 15.0. The number of pyridine rings is 2. The Labute approximate surface area is 231 Å². The average molecular weight is 512 g/mol. The molecule has 0 fully saturated rings. The minimum Gasteiger partial charge on any atom is -0.307 e. The number of hydrogen-bond acceptors (Lipinski definition) is 0. The minimum absolute atomic E-state index is 0.0238. The molecule has 0 radical (unpaired) electrons. The summed E-state index contributed by atoms with van der Waals surface area (Å²) in [4.78, 5) is 0. The van der Waals surface area contributed by atoms with Crippen molar-refractivity contribution in [3.8, 4) is 0 Å². The lowest BCUT2D eigenvalue weighted by atomic mass is 9.85. The van der Waals surface area contributed by atoms with Crippen LogP contribution in [0.15, 0.2) is 60.8 Å². The van der Waals surface area contributed by atoms with E-state index in [1.807, 2.05) is 0 Å². The monoisotopic (exact) mass is 511 g/mol. The summed E-state index contributed by atoms with van der Waals surface area (Å²) in [6.45, 7) is 18.7. The Hall–Kier alpha value is -3.65. The van der Waals surface area contributed by atoms with E-state index in [-0.39, 0.29) is 10.8 Å². The van der Waals surface area contributed by atoms with Crippen molar-refractivity contribution in [1.29, 1.82) is 0 Å². The fraction of sp³-hybridized carbons (Fsp3) is 0.324. The van der Waals surface area contributed by atoms with Crippen molar-refractivity contribution in [2.75, 3.05) is 0 Å². The van der Waals surface area contributed by atoms with E-state index in [9.17, 15) is 0 Å². The van der Waals surface area contributed by atoms with Gasteiger partial charge in [-0.25, -0.2) is 4.57 Å². The van der Waals surface area contributed by atoms with Crippen LogP contribution in [0.5, 0.6) is 0 Å². The SMILES string of the molecule is Cc1c2cc(CC(C)(C)C)ccc2c(C)c2c1c1c3c(ccc4c5cccc(C(C)(C)C)c5n2c43)cc[n+]1C. The Morgan fingerprint density at radius 2 is 1.41 bits per heavy atom. The topological polar surface area (TPSA) is 8.29 Å². The van der Waals surface area contributed by atoms with E-state index in [0.717, 1.165) is 6.42 Å². The van der Waals surface area contributed by atoms with Gasteiger partial charge in [-0.1, -0.05) is 90.1 Å². The molecule has 0 spiro atoms. The third kappa shape index (κ3) is 3.30. The van der Waals surface area contributed by atoms with E-state index in [2.05, 4.69) is 132 Å². The van der Waals surface area contributed by atoms with Crippen LogP contribution < -0.4 is 4.57 Å². The van der Waals surface area contributed by atoms with Crippen molar-refractivity contribution in [1.82, 2.24) is 4.40 Å². The first-order valence-electron chi connectivity index (χ1n) is 14.3. The fourth-order valence-electron chi connectivity index (χ4n) is 7.28. The lowest BCUT2D eigenvalue weighted by Gasteiger charge is -2.23. The molecule has 0 aliphatic heterocycles. The quantitative estimate of drug-likeness (QED) is 0.118. The van der Waals surface area contributed by atoms with Crippen LogP contribution in [0, 0.1) is 19.3 Å². The molecule has 3 heterocycles. The molecule has 4 aromatic carbocycles. The molecule has 7 rings (SSSR count). The second-order valence-electron chi connectivity index (χ2n) is 14.1. The lowest BCUT2D eigenvalue weighted by Crippen LogP contribution is -2.29. The van der Waals surface area contributed by atoms with Gasteiger partial charge in [-0.15, -0.1) is 0 Å². The zero-order valence-corrected chi connectivity index (χ0v) is 24.9. The van der Waals surface area contributed by atoms with E-state index >= 15 is 0 Å². The molecule has 7 aromatic rings. The molecule has 0 aliphatic carbocycles. The van der Waals surface area contributed by atoms with Crippen molar-refractivity contribution >= 4 is 59.8 Å². The van der Waals surface area contributed by atoms with Crippen LogP contribution in [0.1, 0.15) is 63.8 Å². The Morgan fingerprint density at radius 1 is 0.692 bits per heavy atom. The Morgan fingerprint density at radius 3 is 2.13 bits per heavy atom. The van der Waals surface area contributed by atoms with Gasteiger partial charge in [0.15, 0.2) is 6.20 Å². The van der Waals surface area contributed by atoms with E-state index < -0.39 is 0 Å². The van der Waals surface area contributed by atoms with Gasteiger partial charge in [0.1, 0.15) is 7.05 Å². The number of para-hydroxylation sites is 1. The van der Waals surface area contributed by atoms with Crippen molar-refractivity contribution in [2.45, 2.75) is 67.2 Å². The molecule has 0 atom stereocenters. The van der Waals surface area contributed by atoms with Crippen LogP contribution in [0.25, 0.3) is 59.8 Å². The van der Waals surface area contributed by atoms with Crippen LogP contribution in [0.2, 0.25) is 0 Å². The summed E-state index contributed by atoms with van der Waals surface area (Å²) < 4.78 is 4.99. The lowest BCUT2D eigenvalue weighted by molar-refractivity contribution is -0.643. The van der Waals surface area contributed by atoms with Gasteiger partial charge >= 0.3 is 0 Å². The van der Waals surface area contributed by atoms with E-state index in [1.165, 1.54) is 82.0 Å². The summed E-state index contributed by atoms with van der Waals surface area (Å²) in [6.07, 6.45) is 3.31. The van der Waals surface area contributed by atoms with Gasteiger partial charge in [0, 0.05) is 16.8 Å². The van der Waals surface area contributed by atoms with E-state index in [1.54, 1.807) is 0 Å². The standard InChI is InChI=1S/C37H39N2/c1-21-28-19-23(20-36(3,4)5)13-15-25(28)22(2)32-30(21)35-31-24(17-18-38(35)9)14-16-27-26-11-10-12-29(37(6,7)8)33(26)39(32)34(27)31/h10-19H,20H2,1-9H3/q+1. The summed E-state index contributed by atoms with van der Waals surface area (Å²) >= 11 is 0. The number of fused-ring (bicyclic) bond motifs is 7. The summed E-state index contributed by atoms with van der Waals surface area (Å²) in [6, 6.07) is 21.1. The third-order valence-corrected chi connectivity index (χ3v) is 8.91.